The molecule has 19 heavy (non-hydrogen) atoms. The number of halogens is 1. The minimum Gasteiger partial charge on any atom is -0.341 e. The van der Waals surface area contributed by atoms with E-state index >= 15 is 0 Å². The van der Waals surface area contributed by atoms with Gasteiger partial charge in [-0.15, -0.1) is 0 Å². The summed E-state index contributed by atoms with van der Waals surface area (Å²) >= 11 is 3.40. The van der Waals surface area contributed by atoms with E-state index in [4.69, 9.17) is 5.73 Å². The molecule has 1 aromatic carbocycles. The van der Waals surface area contributed by atoms with E-state index < -0.39 is 5.54 Å². The summed E-state index contributed by atoms with van der Waals surface area (Å²) in [6.07, 6.45) is 2.22. The van der Waals surface area contributed by atoms with Crippen LogP contribution in [0.2, 0.25) is 0 Å². The number of rotatable bonds is 3. The molecule has 1 heterocycles. The van der Waals surface area contributed by atoms with Crippen LogP contribution in [0.4, 0.5) is 0 Å². The summed E-state index contributed by atoms with van der Waals surface area (Å²) < 4.78 is 0.992. The number of amides is 1. The monoisotopic (exact) mass is 324 g/mol. The van der Waals surface area contributed by atoms with Gasteiger partial charge in [-0.05, 0) is 37.0 Å². The highest BCUT2D eigenvalue weighted by molar-refractivity contribution is 9.10. The topological polar surface area (TPSA) is 46.3 Å². The van der Waals surface area contributed by atoms with Gasteiger partial charge in [0.25, 0.3) is 0 Å². The fourth-order valence-electron chi connectivity index (χ4n) is 2.60. The van der Waals surface area contributed by atoms with Gasteiger partial charge in [-0.2, -0.15) is 0 Å². The van der Waals surface area contributed by atoms with Gasteiger partial charge in [0.05, 0.1) is 0 Å². The molecule has 0 saturated carbocycles. The van der Waals surface area contributed by atoms with Crippen LogP contribution in [-0.4, -0.2) is 23.9 Å². The first-order valence-electron chi connectivity index (χ1n) is 6.79. The van der Waals surface area contributed by atoms with Crippen molar-refractivity contribution in [2.24, 2.45) is 11.7 Å². The molecule has 0 aromatic heterocycles. The second kappa shape index (κ2) is 5.63. The summed E-state index contributed by atoms with van der Waals surface area (Å²) in [5.41, 5.74) is 6.21. The van der Waals surface area contributed by atoms with Crippen LogP contribution >= 0.6 is 15.9 Å². The molecule has 1 aromatic rings. The molecule has 2 unspecified atom stereocenters. The highest BCUT2D eigenvalue weighted by Crippen LogP contribution is 2.27. The first kappa shape index (κ1) is 14.5. The molecule has 1 aliphatic heterocycles. The van der Waals surface area contributed by atoms with Crippen molar-refractivity contribution in [3.63, 3.8) is 0 Å². The SMILES string of the molecule is CCC1CCN(C(=O)C(C)(N)c2ccc(Br)cc2)C1. The smallest absolute Gasteiger partial charge is 0.246 e. The Hall–Kier alpha value is -0.870. The summed E-state index contributed by atoms with van der Waals surface area (Å²) in [6.45, 7) is 5.66. The molecule has 0 bridgehead atoms. The van der Waals surface area contributed by atoms with Crippen molar-refractivity contribution in [2.75, 3.05) is 13.1 Å². The Morgan fingerprint density at radius 2 is 2.11 bits per heavy atom. The summed E-state index contributed by atoms with van der Waals surface area (Å²) in [7, 11) is 0. The highest BCUT2D eigenvalue weighted by Gasteiger charge is 2.37. The fourth-order valence-corrected chi connectivity index (χ4v) is 2.86. The quantitative estimate of drug-likeness (QED) is 0.929. The van der Waals surface area contributed by atoms with Gasteiger partial charge < -0.3 is 10.6 Å². The maximum absolute atomic E-state index is 12.6. The molecular formula is C15H21BrN2O. The third-order valence-corrected chi connectivity index (χ3v) is 4.57. The second-order valence-corrected chi connectivity index (χ2v) is 6.44. The molecule has 104 valence electrons. The van der Waals surface area contributed by atoms with E-state index in [1.165, 1.54) is 0 Å². The van der Waals surface area contributed by atoms with Crippen LogP contribution in [0.1, 0.15) is 32.3 Å². The van der Waals surface area contributed by atoms with Crippen LogP contribution in [0.25, 0.3) is 0 Å². The summed E-state index contributed by atoms with van der Waals surface area (Å²) in [5.74, 6) is 0.662. The molecule has 0 aliphatic carbocycles. The van der Waals surface area contributed by atoms with Crippen molar-refractivity contribution in [1.29, 1.82) is 0 Å². The van der Waals surface area contributed by atoms with E-state index in [1.54, 1.807) is 6.92 Å². The number of likely N-dealkylation sites (tertiary alicyclic amines) is 1. The van der Waals surface area contributed by atoms with Crippen LogP contribution in [0.3, 0.4) is 0 Å². The van der Waals surface area contributed by atoms with E-state index in [2.05, 4.69) is 22.9 Å². The van der Waals surface area contributed by atoms with E-state index in [-0.39, 0.29) is 5.91 Å². The van der Waals surface area contributed by atoms with Crippen molar-refractivity contribution in [3.8, 4) is 0 Å². The largest absolute Gasteiger partial charge is 0.341 e. The third-order valence-electron chi connectivity index (χ3n) is 4.04. The number of nitrogens with two attached hydrogens (primary N) is 1. The fraction of sp³-hybridized carbons (Fsp3) is 0.533. The zero-order chi connectivity index (χ0) is 14.0. The van der Waals surface area contributed by atoms with Gasteiger partial charge in [0.2, 0.25) is 5.91 Å². The summed E-state index contributed by atoms with van der Waals surface area (Å²) in [5, 5.41) is 0. The Morgan fingerprint density at radius 1 is 1.47 bits per heavy atom. The van der Waals surface area contributed by atoms with Gasteiger partial charge in [-0.3, -0.25) is 4.79 Å². The predicted molar refractivity (Wildman–Crippen MR) is 80.7 cm³/mol. The average molecular weight is 325 g/mol. The highest BCUT2D eigenvalue weighted by atomic mass is 79.9. The predicted octanol–water partition coefficient (Wildman–Crippen LogP) is 2.88. The van der Waals surface area contributed by atoms with Crippen molar-refractivity contribution >= 4 is 21.8 Å². The number of carbonyl (C=O) groups is 1. The molecule has 2 rings (SSSR count). The van der Waals surface area contributed by atoms with Crippen molar-refractivity contribution in [3.05, 3.63) is 34.3 Å². The molecule has 1 aliphatic rings. The number of benzene rings is 1. The van der Waals surface area contributed by atoms with Crippen LogP contribution in [0.5, 0.6) is 0 Å². The molecule has 1 fully saturated rings. The lowest BCUT2D eigenvalue weighted by Crippen LogP contribution is -2.50. The molecule has 1 saturated heterocycles. The van der Waals surface area contributed by atoms with Crippen LogP contribution in [0.15, 0.2) is 28.7 Å². The van der Waals surface area contributed by atoms with Gasteiger partial charge >= 0.3 is 0 Å². The molecule has 1 amide bonds. The van der Waals surface area contributed by atoms with Crippen LogP contribution in [0, 0.1) is 5.92 Å². The third kappa shape index (κ3) is 3.00. The molecule has 0 spiro atoms. The normalized spacial score (nSPS) is 22.3. The van der Waals surface area contributed by atoms with E-state index in [1.807, 2.05) is 29.2 Å². The standard InChI is InChI=1S/C15H21BrN2O/c1-3-11-8-9-18(10-11)14(19)15(2,17)12-4-6-13(16)7-5-12/h4-7,11H,3,8-10,17H2,1-2H3. The van der Waals surface area contributed by atoms with Gasteiger partial charge in [0, 0.05) is 17.6 Å². The Bertz CT molecular complexity index is 456. The second-order valence-electron chi connectivity index (χ2n) is 5.52. The molecule has 2 atom stereocenters. The van der Waals surface area contributed by atoms with Crippen LogP contribution in [-0.2, 0) is 10.3 Å². The van der Waals surface area contributed by atoms with Gasteiger partial charge in [-0.25, -0.2) is 0 Å². The lowest BCUT2D eigenvalue weighted by atomic mass is 9.91. The molecular weight excluding hydrogens is 304 g/mol. The number of hydrogen-bond acceptors (Lipinski definition) is 2. The zero-order valence-corrected chi connectivity index (χ0v) is 13.1. The van der Waals surface area contributed by atoms with Crippen molar-refractivity contribution < 1.29 is 4.79 Å². The Labute approximate surface area is 123 Å². The minimum absolute atomic E-state index is 0.0331. The molecule has 3 nitrogen and oxygen atoms in total. The van der Waals surface area contributed by atoms with Crippen LogP contribution < -0.4 is 5.73 Å². The first-order chi connectivity index (χ1) is 8.95. The summed E-state index contributed by atoms with van der Waals surface area (Å²) in [4.78, 5) is 14.5. The Kier molecular flexibility index (Phi) is 4.31. The number of hydrogen-bond donors (Lipinski definition) is 1. The van der Waals surface area contributed by atoms with Gasteiger partial charge in [0.15, 0.2) is 0 Å². The Balaban J connectivity index is 2.15. The van der Waals surface area contributed by atoms with E-state index in [9.17, 15) is 4.79 Å². The minimum atomic E-state index is -0.941. The van der Waals surface area contributed by atoms with Crippen molar-refractivity contribution in [2.45, 2.75) is 32.2 Å². The molecule has 2 N–H and O–H groups in total. The number of carbonyl (C=O) groups excluding carboxylic acids is 1. The van der Waals surface area contributed by atoms with E-state index in [0.29, 0.717) is 5.92 Å². The Morgan fingerprint density at radius 3 is 2.63 bits per heavy atom. The maximum Gasteiger partial charge on any atom is 0.246 e. The molecule has 4 heteroatoms. The number of nitrogens with zero attached hydrogens (tertiary/aromatic N) is 1. The van der Waals surface area contributed by atoms with Gasteiger partial charge in [-0.1, -0.05) is 41.4 Å². The molecule has 0 radical (unpaired) electrons. The van der Waals surface area contributed by atoms with Crippen molar-refractivity contribution in [1.82, 2.24) is 4.90 Å². The maximum atomic E-state index is 12.6. The lowest BCUT2D eigenvalue weighted by molar-refractivity contribution is -0.135. The van der Waals surface area contributed by atoms with E-state index in [0.717, 1.165) is 36.0 Å². The average Bonchev–Trinajstić information content (AvgIpc) is 2.87. The van der Waals surface area contributed by atoms with Gasteiger partial charge in [0.1, 0.15) is 5.54 Å². The lowest BCUT2D eigenvalue weighted by Gasteiger charge is -2.29. The summed E-state index contributed by atoms with van der Waals surface area (Å²) in [6, 6.07) is 7.67. The first-order valence-corrected chi connectivity index (χ1v) is 7.58. The zero-order valence-electron chi connectivity index (χ0n) is 11.5.